The molecular weight excluding hydrogens is 306 g/mol. The molecule has 0 amide bonds. The van der Waals surface area contributed by atoms with Gasteiger partial charge in [0.1, 0.15) is 24.3 Å². The number of nitrogens with zero attached hydrogens (tertiary/aromatic N) is 5. The van der Waals surface area contributed by atoms with Crippen LogP contribution in [0.25, 0.3) is 5.82 Å². The Labute approximate surface area is 139 Å². The molecule has 0 N–H and O–H groups in total. The van der Waals surface area contributed by atoms with Crippen LogP contribution in [-0.4, -0.2) is 30.3 Å². The molecule has 0 bridgehead atoms. The lowest BCUT2D eigenvalue weighted by molar-refractivity contribution is 0.0471. The van der Waals surface area contributed by atoms with Gasteiger partial charge in [-0.05, 0) is 26.8 Å². The average Bonchev–Trinajstić information content (AvgIpc) is 3.22. The van der Waals surface area contributed by atoms with Crippen LogP contribution in [0.15, 0.2) is 43.2 Å². The summed E-state index contributed by atoms with van der Waals surface area (Å²) in [6, 6.07) is 3.93. The van der Waals surface area contributed by atoms with E-state index in [1.165, 1.54) is 0 Å². The second-order valence-electron chi connectivity index (χ2n) is 5.75. The smallest absolute Gasteiger partial charge is 0.341 e. The highest BCUT2D eigenvalue weighted by molar-refractivity contribution is 5.90. The number of hydrogen-bond acceptors (Lipinski definition) is 5. The molecule has 0 fully saturated rings. The minimum Gasteiger partial charge on any atom is -0.457 e. The van der Waals surface area contributed by atoms with Gasteiger partial charge >= 0.3 is 5.97 Å². The molecule has 0 aliphatic rings. The highest BCUT2D eigenvalue weighted by Crippen LogP contribution is 2.15. The number of ether oxygens (including phenoxy) is 1. The summed E-state index contributed by atoms with van der Waals surface area (Å²) in [6.07, 6.45) is 8.43. The summed E-state index contributed by atoms with van der Waals surface area (Å²) < 4.78 is 8.98. The Kier molecular flexibility index (Phi) is 4.41. The monoisotopic (exact) mass is 325 g/mol. The molecule has 7 nitrogen and oxygen atoms in total. The maximum absolute atomic E-state index is 12.2. The molecular formula is C17H19N5O2. The molecule has 124 valence electrons. The van der Waals surface area contributed by atoms with E-state index in [1.54, 1.807) is 34.2 Å². The van der Waals surface area contributed by atoms with Crippen molar-refractivity contribution in [2.75, 3.05) is 0 Å². The van der Waals surface area contributed by atoms with E-state index in [-0.39, 0.29) is 18.6 Å². The van der Waals surface area contributed by atoms with Gasteiger partial charge in [0.25, 0.3) is 0 Å². The van der Waals surface area contributed by atoms with E-state index in [0.29, 0.717) is 5.56 Å². The van der Waals surface area contributed by atoms with Crippen LogP contribution in [0.2, 0.25) is 0 Å². The van der Waals surface area contributed by atoms with E-state index < -0.39 is 0 Å². The van der Waals surface area contributed by atoms with E-state index >= 15 is 0 Å². The third kappa shape index (κ3) is 3.19. The molecule has 0 unspecified atom stereocenters. The summed E-state index contributed by atoms with van der Waals surface area (Å²) in [5.74, 6) is 0.384. The van der Waals surface area contributed by atoms with Crippen LogP contribution >= 0.6 is 0 Å². The van der Waals surface area contributed by atoms with E-state index in [4.69, 9.17) is 4.74 Å². The first-order valence-corrected chi connectivity index (χ1v) is 7.70. The molecule has 0 aliphatic carbocycles. The van der Waals surface area contributed by atoms with Crippen molar-refractivity contribution in [3.63, 3.8) is 0 Å². The van der Waals surface area contributed by atoms with Gasteiger partial charge in [0, 0.05) is 30.2 Å². The van der Waals surface area contributed by atoms with Crippen molar-refractivity contribution < 1.29 is 9.53 Å². The van der Waals surface area contributed by atoms with E-state index in [1.807, 2.05) is 39.1 Å². The van der Waals surface area contributed by atoms with Gasteiger partial charge in [-0.15, -0.1) is 0 Å². The van der Waals surface area contributed by atoms with Crippen molar-refractivity contribution >= 4 is 5.97 Å². The predicted molar refractivity (Wildman–Crippen MR) is 87.8 cm³/mol. The van der Waals surface area contributed by atoms with Gasteiger partial charge in [0.2, 0.25) is 0 Å². The number of esters is 1. The quantitative estimate of drug-likeness (QED) is 0.674. The van der Waals surface area contributed by atoms with Gasteiger partial charge in [0.15, 0.2) is 0 Å². The van der Waals surface area contributed by atoms with Crippen molar-refractivity contribution in [3.8, 4) is 5.82 Å². The second-order valence-corrected chi connectivity index (χ2v) is 5.75. The molecule has 0 aromatic carbocycles. The number of carbonyl (C=O) groups is 1. The molecule has 3 rings (SSSR count). The Balaban J connectivity index is 1.64. The van der Waals surface area contributed by atoms with Crippen molar-refractivity contribution in [1.82, 2.24) is 24.3 Å². The predicted octanol–water partition coefficient (Wildman–Crippen LogP) is 2.71. The minimum atomic E-state index is -0.377. The Morgan fingerprint density at radius 1 is 1.29 bits per heavy atom. The Morgan fingerprint density at radius 2 is 2.12 bits per heavy atom. The highest BCUT2D eigenvalue weighted by Gasteiger charge is 2.17. The highest BCUT2D eigenvalue weighted by atomic mass is 16.5. The number of hydrogen-bond donors (Lipinski definition) is 0. The summed E-state index contributed by atoms with van der Waals surface area (Å²) in [4.78, 5) is 20.5. The largest absolute Gasteiger partial charge is 0.457 e. The molecule has 0 radical (unpaired) electrons. The third-order valence-corrected chi connectivity index (χ3v) is 3.70. The number of imidazole rings is 1. The number of pyridine rings is 1. The Bertz CT molecular complexity index is 819. The lowest BCUT2D eigenvalue weighted by Gasteiger charge is -2.09. The molecule has 3 heterocycles. The first kappa shape index (κ1) is 15.9. The second kappa shape index (κ2) is 6.66. The fraction of sp³-hybridized carbons (Fsp3) is 0.294. The molecule has 24 heavy (non-hydrogen) atoms. The van der Waals surface area contributed by atoms with Crippen LogP contribution in [-0.2, 0) is 11.3 Å². The molecule has 0 saturated heterocycles. The van der Waals surface area contributed by atoms with Crippen LogP contribution in [0, 0.1) is 6.92 Å². The topological polar surface area (TPSA) is 74.8 Å². The van der Waals surface area contributed by atoms with Crippen molar-refractivity contribution in [2.24, 2.45) is 0 Å². The normalized spacial score (nSPS) is 11.0. The molecule has 3 aromatic heterocycles. The first-order valence-electron chi connectivity index (χ1n) is 7.70. The fourth-order valence-corrected chi connectivity index (χ4v) is 2.42. The van der Waals surface area contributed by atoms with Gasteiger partial charge in [-0.1, -0.05) is 6.07 Å². The zero-order chi connectivity index (χ0) is 17.1. The molecule has 0 saturated carbocycles. The van der Waals surface area contributed by atoms with Crippen LogP contribution in [0.5, 0.6) is 0 Å². The summed E-state index contributed by atoms with van der Waals surface area (Å²) in [6.45, 7) is 6.07. The van der Waals surface area contributed by atoms with E-state index in [9.17, 15) is 4.79 Å². The molecule has 0 spiro atoms. The molecule has 3 aromatic rings. The number of aromatic nitrogens is 5. The Morgan fingerprint density at radius 3 is 2.71 bits per heavy atom. The van der Waals surface area contributed by atoms with Crippen LogP contribution in [0.1, 0.15) is 41.5 Å². The number of rotatable bonds is 5. The number of carbonyl (C=O) groups excluding carboxylic acids is 1. The van der Waals surface area contributed by atoms with Gasteiger partial charge in [-0.25, -0.2) is 14.8 Å². The van der Waals surface area contributed by atoms with Gasteiger partial charge in [0.05, 0.1) is 11.9 Å². The van der Waals surface area contributed by atoms with Gasteiger partial charge < -0.3 is 4.74 Å². The molecule has 0 atom stereocenters. The SMILES string of the molecule is Cc1c(C(=O)OCc2ccc(-n3ccnc3)nc2)cnn1C(C)C. The van der Waals surface area contributed by atoms with Crippen LogP contribution in [0.4, 0.5) is 0 Å². The first-order chi connectivity index (χ1) is 11.6. The minimum absolute atomic E-state index is 0.169. The summed E-state index contributed by atoms with van der Waals surface area (Å²) >= 11 is 0. The lowest BCUT2D eigenvalue weighted by atomic mass is 10.2. The van der Waals surface area contributed by atoms with Gasteiger partial charge in [-0.3, -0.25) is 9.25 Å². The maximum atomic E-state index is 12.2. The van der Waals surface area contributed by atoms with Crippen molar-refractivity contribution in [2.45, 2.75) is 33.4 Å². The van der Waals surface area contributed by atoms with Gasteiger partial charge in [-0.2, -0.15) is 5.10 Å². The summed E-state index contributed by atoms with van der Waals surface area (Å²) in [5, 5.41) is 4.23. The zero-order valence-electron chi connectivity index (χ0n) is 13.9. The lowest BCUT2D eigenvalue weighted by Crippen LogP contribution is -2.09. The third-order valence-electron chi connectivity index (χ3n) is 3.70. The van der Waals surface area contributed by atoms with Crippen molar-refractivity contribution in [1.29, 1.82) is 0 Å². The van der Waals surface area contributed by atoms with E-state index in [0.717, 1.165) is 17.1 Å². The summed E-state index contributed by atoms with van der Waals surface area (Å²) in [5.41, 5.74) is 2.12. The summed E-state index contributed by atoms with van der Waals surface area (Å²) in [7, 11) is 0. The fourth-order valence-electron chi connectivity index (χ4n) is 2.42. The van der Waals surface area contributed by atoms with Crippen molar-refractivity contribution in [3.05, 3.63) is 60.1 Å². The maximum Gasteiger partial charge on any atom is 0.341 e. The van der Waals surface area contributed by atoms with Crippen LogP contribution in [0.3, 0.4) is 0 Å². The molecule has 7 heteroatoms. The zero-order valence-corrected chi connectivity index (χ0v) is 13.9. The van der Waals surface area contributed by atoms with Crippen LogP contribution < -0.4 is 0 Å². The van der Waals surface area contributed by atoms with E-state index in [2.05, 4.69) is 15.1 Å². The molecule has 0 aliphatic heterocycles. The average molecular weight is 325 g/mol. The standard InChI is InChI=1S/C17H19N5O2/c1-12(2)22-13(3)15(9-20-22)17(23)24-10-14-4-5-16(19-8-14)21-7-6-18-11-21/h4-9,11-12H,10H2,1-3H3. The Hall–Kier alpha value is -2.96.